The number of hydrogen-bond donors (Lipinski definition) is 0. The van der Waals surface area contributed by atoms with Gasteiger partial charge in [0, 0.05) is 10.1 Å². The highest BCUT2D eigenvalue weighted by molar-refractivity contribution is 8.00. The van der Waals surface area contributed by atoms with Gasteiger partial charge in [0.2, 0.25) is 0 Å². The molecule has 0 saturated carbocycles. The molecular formula is C17H16O2S. The van der Waals surface area contributed by atoms with Crippen LogP contribution in [0.15, 0.2) is 53.4 Å². The zero-order valence-electron chi connectivity index (χ0n) is 11.3. The SMILES string of the molecule is CC(=O)c1ccccc1OCC1Cc2ccccc2S1. The zero-order valence-corrected chi connectivity index (χ0v) is 12.2. The van der Waals surface area contributed by atoms with Crippen LogP contribution in [0.4, 0.5) is 0 Å². The summed E-state index contributed by atoms with van der Waals surface area (Å²) in [6.07, 6.45) is 1.03. The lowest BCUT2D eigenvalue weighted by Crippen LogP contribution is -2.14. The Kier molecular flexibility index (Phi) is 3.79. The van der Waals surface area contributed by atoms with Crippen molar-refractivity contribution in [3.8, 4) is 5.75 Å². The van der Waals surface area contributed by atoms with Crippen LogP contribution in [0.2, 0.25) is 0 Å². The Bertz CT molecular complexity index is 611. The van der Waals surface area contributed by atoms with Gasteiger partial charge < -0.3 is 4.74 Å². The van der Waals surface area contributed by atoms with Crippen molar-refractivity contribution >= 4 is 17.5 Å². The normalized spacial score (nSPS) is 16.8. The molecule has 1 atom stereocenters. The Morgan fingerprint density at radius 3 is 2.75 bits per heavy atom. The molecule has 1 aliphatic rings. The average molecular weight is 284 g/mol. The summed E-state index contributed by atoms with van der Waals surface area (Å²) in [7, 11) is 0. The number of carbonyl (C=O) groups excluding carboxylic acids is 1. The summed E-state index contributed by atoms with van der Waals surface area (Å²) in [5.74, 6) is 0.736. The fraction of sp³-hybridized carbons (Fsp3) is 0.235. The number of thioether (sulfide) groups is 1. The minimum atomic E-state index is 0.0444. The maximum atomic E-state index is 11.6. The Balaban J connectivity index is 1.66. The van der Waals surface area contributed by atoms with E-state index < -0.39 is 0 Å². The molecule has 0 fully saturated rings. The van der Waals surface area contributed by atoms with Crippen molar-refractivity contribution in [2.75, 3.05) is 6.61 Å². The van der Waals surface area contributed by atoms with Crippen molar-refractivity contribution in [3.63, 3.8) is 0 Å². The standard InChI is InChI=1S/C17H16O2S/c1-12(18)15-7-3-4-8-16(15)19-11-14-10-13-6-2-5-9-17(13)20-14/h2-9,14H,10-11H2,1H3. The Hall–Kier alpha value is -1.74. The van der Waals surface area contributed by atoms with E-state index in [1.54, 1.807) is 6.92 Å². The third kappa shape index (κ3) is 2.73. The lowest BCUT2D eigenvalue weighted by molar-refractivity contribution is 0.101. The maximum Gasteiger partial charge on any atom is 0.163 e. The molecule has 3 heteroatoms. The minimum absolute atomic E-state index is 0.0444. The number of benzene rings is 2. The molecule has 2 nitrogen and oxygen atoms in total. The molecule has 0 N–H and O–H groups in total. The van der Waals surface area contributed by atoms with Crippen molar-refractivity contribution in [1.82, 2.24) is 0 Å². The zero-order chi connectivity index (χ0) is 13.9. The first-order valence-electron chi connectivity index (χ1n) is 6.71. The molecule has 1 heterocycles. The van der Waals surface area contributed by atoms with Crippen molar-refractivity contribution in [1.29, 1.82) is 0 Å². The van der Waals surface area contributed by atoms with Gasteiger partial charge in [0.1, 0.15) is 12.4 Å². The number of fused-ring (bicyclic) bond motifs is 1. The van der Waals surface area contributed by atoms with Gasteiger partial charge in [0.05, 0.1) is 5.56 Å². The highest BCUT2D eigenvalue weighted by Crippen LogP contribution is 2.37. The predicted octanol–water partition coefficient (Wildman–Crippen LogP) is 3.99. The number of ether oxygens (including phenoxy) is 1. The second kappa shape index (κ2) is 5.71. The van der Waals surface area contributed by atoms with Crippen molar-refractivity contribution in [3.05, 3.63) is 59.7 Å². The van der Waals surface area contributed by atoms with E-state index in [1.165, 1.54) is 10.5 Å². The topological polar surface area (TPSA) is 26.3 Å². The number of para-hydroxylation sites is 1. The summed E-state index contributed by atoms with van der Waals surface area (Å²) in [5.41, 5.74) is 2.05. The highest BCUT2D eigenvalue weighted by Gasteiger charge is 2.22. The molecule has 102 valence electrons. The first-order chi connectivity index (χ1) is 9.74. The monoisotopic (exact) mass is 284 g/mol. The predicted molar refractivity (Wildman–Crippen MR) is 81.7 cm³/mol. The van der Waals surface area contributed by atoms with E-state index in [2.05, 4.69) is 24.3 Å². The Labute approximate surface area is 123 Å². The van der Waals surface area contributed by atoms with E-state index in [0.717, 1.165) is 6.42 Å². The lowest BCUT2D eigenvalue weighted by atomic mass is 10.1. The van der Waals surface area contributed by atoms with Gasteiger partial charge >= 0.3 is 0 Å². The van der Waals surface area contributed by atoms with Crippen LogP contribution in [0.25, 0.3) is 0 Å². The summed E-state index contributed by atoms with van der Waals surface area (Å²) >= 11 is 1.86. The quantitative estimate of drug-likeness (QED) is 0.794. The van der Waals surface area contributed by atoms with E-state index in [0.29, 0.717) is 23.2 Å². The van der Waals surface area contributed by atoms with Gasteiger partial charge in [-0.25, -0.2) is 0 Å². The third-order valence-corrected chi connectivity index (χ3v) is 4.69. The fourth-order valence-corrected chi connectivity index (χ4v) is 3.63. The van der Waals surface area contributed by atoms with E-state index >= 15 is 0 Å². The molecule has 0 radical (unpaired) electrons. The van der Waals surface area contributed by atoms with Crippen LogP contribution in [-0.2, 0) is 6.42 Å². The first kappa shape index (κ1) is 13.3. The average Bonchev–Trinajstić information content (AvgIpc) is 2.88. The fourth-order valence-electron chi connectivity index (χ4n) is 2.41. The van der Waals surface area contributed by atoms with Crippen LogP contribution in [0.5, 0.6) is 5.75 Å². The molecule has 0 spiro atoms. The number of Topliss-reactive ketones (excluding diaryl/α,β-unsaturated/α-hetero) is 1. The number of hydrogen-bond acceptors (Lipinski definition) is 3. The molecule has 2 aromatic carbocycles. The van der Waals surface area contributed by atoms with Gasteiger partial charge in [-0.15, -0.1) is 11.8 Å². The minimum Gasteiger partial charge on any atom is -0.492 e. The van der Waals surface area contributed by atoms with Crippen LogP contribution in [0, 0.1) is 0 Å². The molecule has 1 unspecified atom stereocenters. The van der Waals surface area contributed by atoms with Crippen LogP contribution < -0.4 is 4.74 Å². The van der Waals surface area contributed by atoms with E-state index in [1.807, 2.05) is 36.0 Å². The maximum absolute atomic E-state index is 11.6. The summed E-state index contributed by atoms with van der Waals surface area (Å²) in [6.45, 7) is 2.20. The largest absolute Gasteiger partial charge is 0.492 e. The number of rotatable bonds is 4. The van der Waals surface area contributed by atoms with Crippen molar-refractivity contribution in [2.45, 2.75) is 23.5 Å². The molecule has 0 aromatic heterocycles. The van der Waals surface area contributed by atoms with Crippen molar-refractivity contribution in [2.24, 2.45) is 0 Å². The molecular weight excluding hydrogens is 268 g/mol. The highest BCUT2D eigenvalue weighted by atomic mass is 32.2. The molecule has 0 amide bonds. The summed E-state index contributed by atoms with van der Waals surface area (Å²) < 4.78 is 5.87. The number of carbonyl (C=O) groups is 1. The van der Waals surface area contributed by atoms with E-state index in [9.17, 15) is 4.79 Å². The third-order valence-electron chi connectivity index (χ3n) is 3.40. The molecule has 0 saturated heterocycles. The molecule has 1 aliphatic heterocycles. The van der Waals surface area contributed by atoms with Crippen LogP contribution >= 0.6 is 11.8 Å². The van der Waals surface area contributed by atoms with E-state index in [-0.39, 0.29) is 5.78 Å². The molecule has 2 aromatic rings. The summed E-state index contributed by atoms with van der Waals surface area (Å²) in [6, 6.07) is 15.9. The summed E-state index contributed by atoms with van der Waals surface area (Å²) in [5, 5.41) is 0.424. The summed E-state index contributed by atoms with van der Waals surface area (Å²) in [4.78, 5) is 12.9. The second-order valence-corrected chi connectivity index (χ2v) is 6.26. The van der Waals surface area contributed by atoms with Crippen LogP contribution in [0.3, 0.4) is 0 Å². The molecule has 0 bridgehead atoms. The Morgan fingerprint density at radius 2 is 1.95 bits per heavy atom. The molecule has 3 rings (SSSR count). The Morgan fingerprint density at radius 1 is 1.20 bits per heavy atom. The van der Waals surface area contributed by atoms with Gasteiger partial charge in [-0.1, -0.05) is 30.3 Å². The van der Waals surface area contributed by atoms with Gasteiger partial charge in [0.15, 0.2) is 5.78 Å². The van der Waals surface area contributed by atoms with Gasteiger partial charge in [-0.05, 0) is 37.1 Å². The van der Waals surface area contributed by atoms with Crippen molar-refractivity contribution < 1.29 is 9.53 Å². The molecule has 0 aliphatic carbocycles. The smallest absolute Gasteiger partial charge is 0.163 e. The van der Waals surface area contributed by atoms with Gasteiger partial charge in [0.25, 0.3) is 0 Å². The lowest BCUT2D eigenvalue weighted by Gasteiger charge is -2.13. The van der Waals surface area contributed by atoms with Crippen LogP contribution in [0.1, 0.15) is 22.8 Å². The first-order valence-corrected chi connectivity index (χ1v) is 7.59. The molecule has 20 heavy (non-hydrogen) atoms. The van der Waals surface area contributed by atoms with E-state index in [4.69, 9.17) is 4.74 Å². The number of ketones is 1. The second-order valence-electron chi connectivity index (χ2n) is 4.92. The van der Waals surface area contributed by atoms with Crippen LogP contribution in [-0.4, -0.2) is 17.6 Å². The van der Waals surface area contributed by atoms with Gasteiger partial charge in [-0.2, -0.15) is 0 Å². The van der Waals surface area contributed by atoms with Gasteiger partial charge in [-0.3, -0.25) is 4.79 Å².